The molecule has 1 saturated carbocycles. The Kier molecular flexibility index (Phi) is 4.74. The third kappa shape index (κ3) is 4.16. The summed E-state index contributed by atoms with van der Waals surface area (Å²) in [6.07, 6.45) is 2.06. The summed E-state index contributed by atoms with van der Waals surface area (Å²) < 4.78 is 0. The second-order valence-electron chi connectivity index (χ2n) is 5.31. The fourth-order valence-electron chi connectivity index (χ4n) is 1.84. The minimum absolute atomic E-state index is 0.0591. The maximum absolute atomic E-state index is 12.0. The number of nitrogens with one attached hydrogen (secondary N) is 3. The minimum atomic E-state index is -0.461. The lowest BCUT2D eigenvalue weighted by molar-refractivity contribution is -0.384. The van der Waals surface area contributed by atoms with Gasteiger partial charge in [0, 0.05) is 30.3 Å². The first-order valence-electron chi connectivity index (χ1n) is 7.01. The third-order valence-corrected chi connectivity index (χ3v) is 3.46. The van der Waals surface area contributed by atoms with Crippen LogP contribution in [0.25, 0.3) is 0 Å². The standard InChI is InChI=1S/C14H20N4O3/c1-9(15-2)8-16-14(19)10-3-6-12(17-11-4-5-11)13(7-10)18(20)21/h3,6-7,9,11,15,17H,4-5,8H2,1-2H3,(H,16,19). The van der Waals surface area contributed by atoms with Gasteiger partial charge in [0.15, 0.2) is 0 Å². The van der Waals surface area contributed by atoms with Gasteiger partial charge in [-0.15, -0.1) is 0 Å². The minimum Gasteiger partial charge on any atom is -0.377 e. The van der Waals surface area contributed by atoms with Gasteiger partial charge in [0.1, 0.15) is 5.69 Å². The van der Waals surface area contributed by atoms with E-state index in [1.165, 1.54) is 6.07 Å². The summed E-state index contributed by atoms with van der Waals surface area (Å²) in [5.74, 6) is -0.307. The van der Waals surface area contributed by atoms with Gasteiger partial charge >= 0.3 is 0 Å². The number of rotatable bonds is 7. The zero-order valence-electron chi connectivity index (χ0n) is 12.2. The molecule has 2 rings (SSSR count). The Labute approximate surface area is 123 Å². The lowest BCUT2D eigenvalue weighted by Gasteiger charge is -2.12. The molecule has 0 aliphatic heterocycles. The predicted octanol–water partition coefficient (Wildman–Crippen LogP) is 1.51. The first-order valence-corrected chi connectivity index (χ1v) is 7.01. The molecule has 1 aliphatic rings. The molecule has 0 aromatic heterocycles. The zero-order valence-corrected chi connectivity index (χ0v) is 12.2. The molecule has 114 valence electrons. The molecule has 21 heavy (non-hydrogen) atoms. The van der Waals surface area contributed by atoms with Crippen LogP contribution in [0.1, 0.15) is 30.1 Å². The van der Waals surface area contributed by atoms with Gasteiger partial charge in [-0.25, -0.2) is 0 Å². The first-order chi connectivity index (χ1) is 10.0. The van der Waals surface area contributed by atoms with Crippen LogP contribution in [0.4, 0.5) is 11.4 Å². The largest absolute Gasteiger partial charge is 0.377 e. The molecule has 1 fully saturated rings. The Bertz CT molecular complexity index is 543. The molecule has 1 amide bonds. The van der Waals surface area contributed by atoms with Crippen molar-refractivity contribution >= 4 is 17.3 Å². The average molecular weight is 292 g/mol. The van der Waals surface area contributed by atoms with Gasteiger partial charge < -0.3 is 16.0 Å². The highest BCUT2D eigenvalue weighted by atomic mass is 16.6. The Balaban J connectivity index is 2.10. The molecular weight excluding hydrogens is 272 g/mol. The number of carbonyl (C=O) groups excluding carboxylic acids is 1. The van der Waals surface area contributed by atoms with Crippen LogP contribution in [-0.2, 0) is 0 Å². The number of benzene rings is 1. The highest BCUT2D eigenvalue weighted by molar-refractivity contribution is 5.95. The zero-order chi connectivity index (χ0) is 15.4. The number of hydrogen-bond donors (Lipinski definition) is 3. The second-order valence-corrected chi connectivity index (χ2v) is 5.31. The topological polar surface area (TPSA) is 96.3 Å². The number of anilines is 1. The van der Waals surface area contributed by atoms with E-state index in [1.807, 2.05) is 6.92 Å². The van der Waals surface area contributed by atoms with Crippen molar-refractivity contribution in [3.8, 4) is 0 Å². The second kappa shape index (κ2) is 6.53. The van der Waals surface area contributed by atoms with Crippen LogP contribution >= 0.6 is 0 Å². The van der Waals surface area contributed by atoms with E-state index in [2.05, 4.69) is 16.0 Å². The van der Waals surface area contributed by atoms with Gasteiger partial charge in [-0.1, -0.05) is 0 Å². The molecule has 1 aromatic rings. The number of nitro benzene ring substituents is 1. The van der Waals surface area contributed by atoms with Gasteiger partial charge in [-0.05, 0) is 38.9 Å². The Hall–Kier alpha value is -2.15. The smallest absolute Gasteiger partial charge is 0.293 e. The summed E-state index contributed by atoms with van der Waals surface area (Å²) in [6, 6.07) is 4.99. The summed E-state index contributed by atoms with van der Waals surface area (Å²) >= 11 is 0. The van der Waals surface area contributed by atoms with Crippen LogP contribution in [0, 0.1) is 10.1 Å². The highest BCUT2D eigenvalue weighted by Crippen LogP contribution is 2.31. The number of carbonyl (C=O) groups is 1. The molecule has 3 N–H and O–H groups in total. The summed E-state index contributed by atoms with van der Waals surface area (Å²) in [6.45, 7) is 2.40. The van der Waals surface area contributed by atoms with Crippen LogP contribution in [0.15, 0.2) is 18.2 Å². The van der Waals surface area contributed by atoms with E-state index >= 15 is 0 Å². The van der Waals surface area contributed by atoms with Gasteiger partial charge in [-0.3, -0.25) is 14.9 Å². The molecule has 1 aliphatic carbocycles. The van der Waals surface area contributed by atoms with Crippen molar-refractivity contribution in [1.82, 2.24) is 10.6 Å². The van der Waals surface area contributed by atoms with Crippen molar-refractivity contribution in [2.45, 2.75) is 31.8 Å². The summed E-state index contributed by atoms with van der Waals surface area (Å²) in [5.41, 5.74) is 0.713. The van der Waals surface area contributed by atoms with Gasteiger partial charge in [0.05, 0.1) is 4.92 Å². The summed E-state index contributed by atoms with van der Waals surface area (Å²) in [5, 5.41) is 20.0. The fourth-order valence-corrected chi connectivity index (χ4v) is 1.84. The van der Waals surface area contributed by atoms with Crippen molar-refractivity contribution < 1.29 is 9.72 Å². The Morgan fingerprint density at radius 2 is 2.19 bits per heavy atom. The van der Waals surface area contributed by atoms with Gasteiger partial charge in [0.2, 0.25) is 0 Å². The van der Waals surface area contributed by atoms with Gasteiger partial charge in [0.25, 0.3) is 11.6 Å². The first kappa shape index (κ1) is 15.2. The van der Waals surface area contributed by atoms with E-state index in [0.717, 1.165) is 12.8 Å². The normalized spacial score (nSPS) is 15.3. The number of amides is 1. The lowest BCUT2D eigenvalue weighted by atomic mass is 10.1. The molecule has 7 heteroatoms. The number of hydrogen-bond acceptors (Lipinski definition) is 5. The van der Waals surface area contributed by atoms with Crippen molar-refractivity contribution in [3.63, 3.8) is 0 Å². The average Bonchev–Trinajstić information content (AvgIpc) is 3.28. The van der Waals surface area contributed by atoms with Crippen LogP contribution in [0.2, 0.25) is 0 Å². The Morgan fingerprint density at radius 1 is 1.48 bits per heavy atom. The molecule has 0 radical (unpaired) electrons. The van der Waals surface area contributed by atoms with Crippen molar-refractivity contribution in [2.75, 3.05) is 18.9 Å². The molecule has 0 heterocycles. The molecule has 7 nitrogen and oxygen atoms in total. The van der Waals surface area contributed by atoms with Crippen LogP contribution in [0.3, 0.4) is 0 Å². The SMILES string of the molecule is CNC(C)CNC(=O)c1ccc(NC2CC2)c([N+](=O)[O-])c1. The van der Waals surface area contributed by atoms with Crippen molar-refractivity contribution in [2.24, 2.45) is 0 Å². The predicted molar refractivity (Wildman–Crippen MR) is 80.6 cm³/mol. The molecule has 0 spiro atoms. The lowest BCUT2D eigenvalue weighted by Crippen LogP contribution is -2.37. The van der Waals surface area contributed by atoms with E-state index in [4.69, 9.17) is 0 Å². The monoisotopic (exact) mass is 292 g/mol. The van der Waals surface area contributed by atoms with E-state index in [1.54, 1.807) is 19.2 Å². The van der Waals surface area contributed by atoms with Crippen LogP contribution in [-0.4, -0.2) is 36.5 Å². The van der Waals surface area contributed by atoms with E-state index < -0.39 is 4.92 Å². The Morgan fingerprint density at radius 3 is 2.76 bits per heavy atom. The van der Waals surface area contributed by atoms with Crippen LogP contribution in [0.5, 0.6) is 0 Å². The molecule has 0 bridgehead atoms. The number of likely N-dealkylation sites (N-methyl/N-ethyl adjacent to an activating group) is 1. The maximum Gasteiger partial charge on any atom is 0.293 e. The van der Waals surface area contributed by atoms with E-state index in [9.17, 15) is 14.9 Å². The van der Waals surface area contributed by atoms with Crippen molar-refractivity contribution in [1.29, 1.82) is 0 Å². The molecule has 1 aromatic carbocycles. The van der Waals surface area contributed by atoms with Gasteiger partial charge in [-0.2, -0.15) is 0 Å². The number of nitro groups is 1. The third-order valence-electron chi connectivity index (χ3n) is 3.46. The van der Waals surface area contributed by atoms with Crippen LogP contribution < -0.4 is 16.0 Å². The summed E-state index contributed by atoms with van der Waals surface area (Å²) in [4.78, 5) is 22.7. The molecule has 1 atom stereocenters. The molecular formula is C14H20N4O3. The highest BCUT2D eigenvalue weighted by Gasteiger charge is 2.25. The fraction of sp³-hybridized carbons (Fsp3) is 0.500. The van der Waals surface area contributed by atoms with Crippen molar-refractivity contribution in [3.05, 3.63) is 33.9 Å². The molecule has 1 unspecified atom stereocenters. The summed E-state index contributed by atoms with van der Waals surface area (Å²) in [7, 11) is 1.81. The molecule has 0 saturated heterocycles. The quantitative estimate of drug-likeness (QED) is 0.523. The van der Waals surface area contributed by atoms with E-state index in [-0.39, 0.29) is 17.6 Å². The maximum atomic E-state index is 12.0. The number of nitrogens with zero attached hydrogens (tertiary/aromatic N) is 1. The van der Waals surface area contributed by atoms with E-state index in [0.29, 0.717) is 23.8 Å².